The minimum absolute atomic E-state index is 0.385. The van der Waals surface area contributed by atoms with Gasteiger partial charge in [0, 0.05) is 18.0 Å². The van der Waals surface area contributed by atoms with Crippen molar-refractivity contribution in [2.24, 2.45) is 0 Å². The van der Waals surface area contributed by atoms with Gasteiger partial charge in [0.25, 0.3) is 5.91 Å². The summed E-state index contributed by atoms with van der Waals surface area (Å²) in [6.07, 6.45) is 2.82. The standard InChI is InChI=1S/C11H10ClNO2/c1-8(14)13-11(15)7-6-9-4-2-3-5-10(9)12/h2-7H,1H3,(H,13,14,15)/b7-6+. The number of nitrogens with one attached hydrogen (secondary N) is 1. The topological polar surface area (TPSA) is 46.2 Å². The Bertz CT molecular complexity index is 413. The van der Waals surface area contributed by atoms with E-state index in [0.717, 1.165) is 5.56 Å². The van der Waals surface area contributed by atoms with Gasteiger partial charge in [-0.15, -0.1) is 0 Å². The largest absolute Gasteiger partial charge is 0.293 e. The Morgan fingerprint density at radius 3 is 2.60 bits per heavy atom. The Balaban J connectivity index is 2.70. The van der Waals surface area contributed by atoms with E-state index in [1.54, 1.807) is 24.3 Å². The van der Waals surface area contributed by atoms with E-state index < -0.39 is 5.91 Å². The van der Waals surface area contributed by atoms with Gasteiger partial charge in [-0.1, -0.05) is 29.8 Å². The Labute approximate surface area is 92.7 Å². The van der Waals surface area contributed by atoms with Crippen molar-refractivity contribution in [3.63, 3.8) is 0 Å². The van der Waals surface area contributed by atoms with E-state index in [2.05, 4.69) is 5.32 Å². The number of carbonyl (C=O) groups is 2. The van der Waals surface area contributed by atoms with E-state index in [0.29, 0.717) is 5.02 Å². The van der Waals surface area contributed by atoms with Crippen LogP contribution in [0.3, 0.4) is 0 Å². The first-order valence-electron chi connectivity index (χ1n) is 4.34. The molecule has 0 aliphatic carbocycles. The van der Waals surface area contributed by atoms with E-state index >= 15 is 0 Å². The number of hydrogen-bond donors (Lipinski definition) is 1. The number of carbonyl (C=O) groups excluding carboxylic acids is 2. The number of imide groups is 1. The molecular formula is C11H10ClNO2. The van der Waals surface area contributed by atoms with Gasteiger partial charge in [0.05, 0.1) is 0 Å². The molecule has 0 aliphatic rings. The van der Waals surface area contributed by atoms with Crippen molar-refractivity contribution in [3.8, 4) is 0 Å². The summed E-state index contributed by atoms with van der Waals surface area (Å²) in [5.74, 6) is -0.841. The molecule has 1 N–H and O–H groups in total. The third-order valence-corrected chi connectivity index (χ3v) is 1.96. The first-order chi connectivity index (χ1) is 7.09. The van der Waals surface area contributed by atoms with Gasteiger partial charge in [0.1, 0.15) is 0 Å². The molecule has 0 aliphatic heterocycles. The zero-order valence-electron chi connectivity index (χ0n) is 8.16. The second-order valence-corrected chi connectivity index (χ2v) is 3.31. The van der Waals surface area contributed by atoms with Crippen LogP contribution in [0.2, 0.25) is 5.02 Å². The van der Waals surface area contributed by atoms with Gasteiger partial charge >= 0.3 is 0 Å². The maximum absolute atomic E-state index is 11.1. The lowest BCUT2D eigenvalue weighted by Crippen LogP contribution is -2.25. The average molecular weight is 224 g/mol. The van der Waals surface area contributed by atoms with Crippen LogP contribution in [0.25, 0.3) is 6.08 Å². The monoisotopic (exact) mass is 223 g/mol. The molecular weight excluding hydrogens is 214 g/mol. The van der Waals surface area contributed by atoms with Gasteiger partial charge in [-0.05, 0) is 17.7 Å². The predicted molar refractivity (Wildman–Crippen MR) is 59.3 cm³/mol. The third-order valence-electron chi connectivity index (χ3n) is 1.62. The molecule has 0 unspecified atom stereocenters. The Hall–Kier alpha value is -1.61. The molecule has 2 amide bonds. The summed E-state index contributed by atoms with van der Waals surface area (Å²) in [6.45, 7) is 1.28. The molecule has 78 valence electrons. The van der Waals surface area contributed by atoms with Crippen molar-refractivity contribution in [2.45, 2.75) is 6.92 Å². The summed E-state index contributed by atoms with van der Waals surface area (Å²) >= 11 is 5.86. The molecule has 0 fully saturated rings. The van der Waals surface area contributed by atoms with Crippen LogP contribution < -0.4 is 5.32 Å². The van der Waals surface area contributed by atoms with Crippen molar-refractivity contribution in [2.75, 3.05) is 0 Å². The van der Waals surface area contributed by atoms with Crippen molar-refractivity contribution in [1.82, 2.24) is 5.32 Å². The summed E-state index contributed by atoms with van der Waals surface area (Å²) in [5, 5.41) is 2.68. The van der Waals surface area contributed by atoms with Crippen LogP contribution in [0.1, 0.15) is 12.5 Å². The maximum Gasteiger partial charge on any atom is 0.250 e. The minimum Gasteiger partial charge on any atom is -0.293 e. The molecule has 1 aromatic rings. The fourth-order valence-electron chi connectivity index (χ4n) is 0.991. The molecule has 0 heterocycles. The van der Waals surface area contributed by atoms with Gasteiger partial charge in [-0.2, -0.15) is 0 Å². The maximum atomic E-state index is 11.1. The second kappa shape index (κ2) is 5.32. The lowest BCUT2D eigenvalue weighted by atomic mass is 10.2. The molecule has 0 aromatic heterocycles. The van der Waals surface area contributed by atoms with Crippen molar-refractivity contribution in [3.05, 3.63) is 40.9 Å². The molecule has 0 saturated heterocycles. The molecule has 1 aromatic carbocycles. The fraction of sp³-hybridized carbons (Fsp3) is 0.0909. The van der Waals surface area contributed by atoms with Crippen LogP contribution in [0, 0.1) is 0 Å². The summed E-state index contributed by atoms with van der Waals surface area (Å²) in [7, 11) is 0. The summed E-state index contributed by atoms with van der Waals surface area (Å²) in [5.41, 5.74) is 0.734. The van der Waals surface area contributed by atoms with Gasteiger partial charge in [0.15, 0.2) is 0 Å². The Kier molecular flexibility index (Phi) is 4.06. The molecule has 4 heteroatoms. The Morgan fingerprint density at radius 1 is 1.33 bits per heavy atom. The molecule has 3 nitrogen and oxygen atoms in total. The van der Waals surface area contributed by atoms with Crippen LogP contribution >= 0.6 is 11.6 Å². The molecule has 0 bridgehead atoms. The van der Waals surface area contributed by atoms with Crippen molar-refractivity contribution in [1.29, 1.82) is 0 Å². The SMILES string of the molecule is CC(=O)NC(=O)/C=C/c1ccccc1Cl. The smallest absolute Gasteiger partial charge is 0.250 e. The highest BCUT2D eigenvalue weighted by atomic mass is 35.5. The van der Waals surface area contributed by atoms with Gasteiger partial charge in [-0.3, -0.25) is 14.9 Å². The molecule has 1 rings (SSSR count). The lowest BCUT2D eigenvalue weighted by Gasteiger charge is -1.96. The molecule has 0 spiro atoms. The number of benzene rings is 1. The highest BCUT2D eigenvalue weighted by Crippen LogP contribution is 2.15. The van der Waals surface area contributed by atoms with Gasteiger partial charge in [0.2, 0.25) is 5.91 Å². The summed E-state index contributed by atoms with van der Waals surface area (Å²) in [4.78, 5) is 21.6. The zero-order chi connectivity index (χ0) is 11.3. The normalized spacial score (nSPS) is 10.3. The molecule has 0 saturated carbocycles. The fourth-order valence-corrected chi connectivity index (χ4v) is 1.19. The first-order valence-corrected chi connectivity index (χ1v) is 4.71. The molecule has 0 atom stereocenters. The highest BCUT2D eigenvalue weighted by molar-refractivity contribution is 6.32. The van der Waals surface area contributed by atoms with Gasteiger partial charge < -0.3 is 0 Å². The summed E-state index contributed by atoms with van der Waals surface area (Å²) < 4.78 is 0. The van der Waals surface area contributed by atoms with E-state index in [1.807, 2.05) is 6.07 Å². The average Bonchev–Trinajstić information content (AvgIpc) is 2.15. The van der Waals surface area contributed by atoms with E-state index in [9.17, 15) is 9.59 Å². The van der Waals surface area contributed by atoms with Crippen LogP contribution in [0.5, 0.6) is 0 Å². The number of hydrogen-bond acceptors (Lipinski definition) is 2. The lowest BCUT2D eigenvalue weighted by molar-refractivity contribution is -0.126. The highest BCUT2D eigenvalue weighted by Gasteiger charge is 1.98. The van der Waals surface area contributed by atoms with Crippen molar-refractivity contribution >= 4 is 29.5 Å². The van der Waals surface area contributed by atoms with Crippen molar-refractivity contribution < 1.29 is 9.59 Å². The minimum atomic E-state index is -0.456. The third kappa shape index (κ3) is 3.95. The second-order valence-electron chi connectivity index (χ2n) is 2.90. The van der Waals surface area contributed by atoms with Crippen LogP contribution in [-0.2, 0) is 9.59 Å². The molecule has 0 radical (unpaired) electrons. The van der Waals surface area contributed by atoms with Crippen LogP contribution in [0.15, 0.2) is 30.3 Å². The quantitative estimate of drug-likeness (QED) is 0.780. The summed E-state index contributed by atoms with van der Waals surface area (Å²) in [6, 6.07) is 7.12. The predicted octanol–water partition coefficient (Wildman–Crippen LogP) is 2.02. The van der Waals surface area contributed by atoms with E-state index in [-0.39, 0.29) is 5.91 Å². The zero-order valence-corrected chi connectivity index (χ0v) is 8.91. The van der Waals surface area contributed by atoms with Crippen LogP contribution in [-0.4, -0.2) is 11.8 Å². The van der Waals surface area contributed by atoms with E-state index in [4.69, 9.17) is 11.6 Å². The first kappa shape index (κ1) is 11.5. The number of rotatable bonds is 2. The Morgan fingerprint density at radius 2 is 2.00 bits per heavy atom. The number of halogens is 1. The molecule has 15 heavy (non-hydrogen) atoms. The number of amides is 2. The van der Waals surface area contributed by atoms with Crippen LogP contribution in [0.4, 0.5) is 0 Å². The van der Waals surface area contributed by atoms with E-state index in [1.165, 1.54) is 13.0 Å². The van der Waals surface area contributed by atoms with Gasteiger partial charge in [-0.25, -0.2) is 0 Å².